The van der Waals surface area contributed by atoms with E-state index in [2.05, 4.69) is 4.98 Å². The summed E-state index contributed by atoms with van der Waals surface area (Å²) in [7, 11) is 0. The van der Waals surface area contributed by atoms with Gasteiger partial charge in [0.25, 0.3) is 0 Å². The first-order valence-corrected chi connectivity index (χ1v) is 6.90. The van der Waals surface area contributed by atoms with Crippen molar-refractivity contribution in [2.75, 3.05) is 6.54 Å². The fourth-order valence-corrected chi connectivity index (χ4v) is 2.86. The average molecular weight is 264 g/mol. The third kappa shape index (κ3) is 3.32. The van der Waals surface area contributed by atoms with Gasteiger partial charge in [0.15, 0.2) is 5.12 Å². The summed E-state index contributed by atoms with van der Waals surface area (Å²) in [6, 6.07) is 3.84. The lowest BCUT2D eigenvalue weighted by Gasteiger charge is -2.39. The molecule has 5 heteroatoms. The van der Waals surface area contributed by atoms with Gasteiger partial charge in [0.05, 0.1) is 5.37 Å². The van der Waals surface area contributed by atoms with Gasteiger partial charge in [-0.3, -0.25) is 14.6 Å². The molecular weight excluding hydrogens is 248 g/mol. The molecule has 1 aliphatic heterocycles. The number of nitrogens with zero attached hydrogens (tertiary/aromatic N) is 2. The van der Waals surface area contributed by atoms with Crippen LogP contribution in [0.1, 0.15) is 25.3 Å². The lowest BCUT2D eigenvalue weighted by molar-refractivity contribution is -0.135. The zero-order valence-corrected chi connectivity index (χ0v) is 11.2. The summed E-state index contributed by atoms with van der Waals surface area (Å²) in [4.78, 5) is 28.8. The molecule has 1 amide bonds. The van der Waals surface area contributed by atoms with Crippen molar-refractivity contribution in [3.63, 3.8) is 0 Å². The van der Waals surface area contributed by atoms with Gasteiger partial charge in [0.2, 0.25) is 5.91 Å². The Morgan fingerprint density at radius 3 is 2.94 bits per heavy atom. The highest BCUT2D eigenvalue weighted by Gasteiger charge is 2.33. The normalized spacial score (nSPS) is 18.3. The number of likely N-dealkylation sites (tertiary alicyclic amines) is 1. The molecular formula is C13H16N2O2S. The van der Waals surface area contributed by atoms with Gasteiger partial charge in [-0.1, -0.05) is 17.8 Å². The molecule has 0 N–H and O–H groups in total. The summed E-state index contributed by atoms with van der Waals surface area (Å²) in [6.07, 6.45) is 5.62. The fourth-order valence-electron chi connectivity index (χ4n) is 1.90. The summed E-state index contributed by atoms with van der Waals surface area (Å²) < 4.78 is 0. The molecule has 1 atom stereocenters. The van der Waals surface area contributed by atoms with E-state index in [1.54, 1.807) is 24.2 Å². The van der Waals surface area contributed by atoms with Crippen molar-refractivity contribution in [1.82, 2.24) is 9.88 Å². The number of carbonyl (C=O) groups is 2. The Balaban J connectivity index is 1.80. The second-order valence-electron chi connectivity index (χ2n) is 4.30. The number of aryl methyl sites for hydroxylation is 1. The standard InChI is InChI=1S/C13H16N2O2S/c1-10(16)18-13-6-8-15(13)12(17)5-4-11-3-2-7-14-9-11/h2-3,7,9,13H,4-6,8H2,1H3. The highest BCUT2D eigenvalue weighted by Crippen LogP contribution is 2.29. The fraction of sp³-hybridized carbons (Fsp3) is 0.462. The molecule has 0 spiro atoms. The van der Waals surface area contributed by atoms with Crippen LogP contribution in [0.2, 0.25) is 0 Å². The number of pyridine rings is 1. The Labute approximate surface area is 111 Å². The van der Waals surface area contributed by atoms with Crippen LogP contribution in [0.4, 0.5) is 0 Å². The Bertz CT molecular complexity index is 436. The molecule has 2 heterocycles. The van der Waals surface area contributed by atoms with E-state index in [1.807, 2.05) is 12.1 Å². The maximum Gasteiger partial charge on any atom is 0.223 e. The highest BCUT2D eigenvalue weighted by molar-refractivity contribution is 8.14. The minimum absolute atomic E-state index is 0.0592. The van der Waals surface area contributed by atoms with E-state index in [-0.39, 0.29) is 16.4 Å². The summed E-state index contributed by atoms with van der Waals surface area (Å²) in [5.74, 6) is 0.129. The molecule has 1 fully saturated rings. The largest absolute Gasteiger partial charge is 0.330 e. The molecule has 0 aromatic carbocycles. The number of amides is 1. The van der Waals surface area contributed by atoms with Crippen LogP contribution in [0.15, 0.2) is 24.5 Å². The predicted octanol–water partition coefficient (Wildman–Crippen LogP) is 1.85. The maximum atomic E-state index is 12.0. The van der Waals surface area contributed by atoms with Crippen LogP contribution in [0.5, 0.6) is 0 Å². The first-order chi connectivity index (χ1) is 8.66. The second kappa shape index (κ2) is 6.00. The van der Waals surface area contributed by atoms with Crippen LogP contribution in [0, 0.1) is 0 Å². The molecule has 1 saturated heterocycles. The topological polar surface area (TPSA) is 50.3 Å². The van der Waals surface area contributed by atoms with Gasteiger partial charge in [-0.25, -0.2) is 0 Å². The molecule has 0 bridgehead atoms. The van der Waals surface area contributed by atoms with E-state index in [1.165, 1.54) is 11.8 Å². The predicted molar refractivity (Wildman–Crippen MR) is 70.9 cm³/mol. The highest BCUT2D eigenvalue weighted by atomic mass is 32.2. The molecule has 96 valence electrons. The van der Waals surface area contributed by atoms with E-state index in [0.717, 1.165) is 18.5 Å². The average Bonchev–Trinajstić information content (AvgIpc) is 2.33. The molecule has 0 saturated carbocycles. The zero-order valence-electron chi connectivity index (χ0n) is 10.3. The van der Waals surface area contributed by atoms with Crippen molar-refractivity contribution in [2.24, 2.45) is 0 Å². The lowest BCUT2D eigenvalue weighted by Crippen LogP contribution is -2.49. The van der Waals surface area contributed by atoms with E-state index in [4.69, 9.17) is 0 Å². The second-order valence-corrected chi connectivity index (χ2v) is 5.66. The van der Waals surface area contributed by atoms with E-state index in [0.29, 0.717) is 12.8 Å². The molecule has 0 radical (unpaired) electrons. The minimum Gasteiger partial charge on any atom is -0.330 e. The van der Waals surface area contributed by atoms with Crippen LogP contribution in [-0.4, -0.2) is 32.8 Å². The summed E-state index contributed by atoms with van der Waals surface area (Å²) in [5, 5.41) is 0.133. The van der Waals surface area contributed by atoms with Crippen LogP contribution in [0.3, 0.4) is 0 Å². The Hall–Kier alpha value is -1.36. The zero-order chi connectivity index (χ0) is 13.0. The van der Waals surface area contributed by atoms with Crippen molar-refractivity contribution in [2.45, 2.75) is 31.6 Å². The Morgan fingerprint density at radius 1 is 1.56 bits per heavy atom. The number of carbonyl (C=O) groups excluding carboxylic acids is 2. The van der Waals surface area contributed by atoms with Crippen molar-refractivity contribution in [1.29, 1.82) is 0 Å². The molecule has 2 rings (SSSR count). The number of hydrogen-bond donors (Lipinski definition) is 0. The molecule has 0 aliphatic carbocycles. The molecule has 4 nitrogen and oxygen atoms in total. The van der Waals surface area contributed by atoms with Crippen molar-refractivity contribution in [3.8, 4) is 0 Å². The van der Waals surface area contributed by atoms with Gasteiger partial charge in [0, 0.05) is 32.3 Å². The van der Waals surface area contributed by atoms with Gasteiger partial charge in [-0.15, -0.1) is 0 Å². The first-order valence-electron chi connectivity index (χ1n) is 6.02. The van der Waals surface area contributed by atoms with E-state index >= 15 is 0 Å². The van der Waals surface area contributed by atoms with Crippen molar-refractivity contribution < 1.29 is 9.59 Å². The van der Waals surface area contributed by atoms with Crippen LogP contribution < -0.4 is 0 Å². The third-order valence-electron chi connectivity index (χ3n) is 2.94. The SMILES string of the molecule is CC(=O)SC1CCN1C(=O)CCc1cccnc1. The third-order valence-corrected chi connectivity index (χ3v) is 4.03. The number of thioether (sulfide) groups is 1. The number of rotatable bonds is 4. The summed E-state index contributed by atoms with van der Waals surface area (Å²) in [6.45, 7) is 2.32. The van der Waals surface area contributed by atoms with Gasteiger partial charge in [0.1, 0.15) is 0 Å². The first kappa shape index (κ1) is 13.1. The van der Waals surface area contributed by atoms with Gasteiger partial charge in [-0.05, 0) is 24.5 Å². The Morgan fingerprint density at radius 2 is 2.39 bits per heavy atom. The van der Waals surface area contributed by atoms with Crippen molar-refractivity contribution >= 4 is 22.8 Å². The number of aromatic nitrogens is 1. The number of hydrogen-bond acceptors (Lipinski definition) is 4. The Kier molecular flexibility index (Phi) is 4.36. The molecule has 1 aromatic heterocycles. The van der Waals surface area contributed by atoms with Gasteiger partial charge < -0.3 is 4.90 Å². The maximum absolute atomic E-state index is 12.0. The summed E-state index contributed by atoms with van der Waals surface area (Å²) in [5.41, 5.74) is 1.07. The van der Waals surface area contributed by atoms with E-state index < -0.39 is 0 Å². The van der Waals surface area contributed by atoms with Crippen LogP contribution in [0.25, 0.3) is 0 Å². The molecule has 1 aliphatic rings. The lowest BCUT2D eigenvalue weighted by atomic mass is 10.1. The molecule has 1 aromatic rings. The molecule has 1 unspecified atom stereocenters. The monoisotopic (exact) mass is 264 g/mol. The van der Waals surface area contributed by atoms with Crippen LogP contribution in [-0.2, 0) is 16.0 Å². The minimum atomic E-state index is 0.0592. The van der Waals surface area contributed by atoms with Gasteiger partial charge in [-0.2, -0.15) is 0 Å². The summed E-state index contributed by atoms with van der Waals surface area (Å²) >= 11 is 1.25. The smallest absolute Gasteiger partial charge is 0.223 e. The van der Waals surface area contributed by atoms with Crippen molar-refractivity contribution in [3.05, 3.63) is 30.1 Å². The van der Waals surface area contributed by atoms with Gasteiger partial charge >= 0.3 is 0 Å². The quantitative estimate of drug-likeness (QED) is 0.833. The van der Waals surface area contributed by atoms with Crippen LogP contribution >= 0.6 is 11.8 Å². The molecule has 18 heavy (non-hydrogen) atoms. The van der Waals surface area contributed by atoms with E-state index in [9.17, 15) is 9.59 Å².